The molecule has 1 amide bonds. The summed E-state index contributed by atoms with van der Waals surface area (Å²) < 4.78 is 54.8. The zero-order valence-corrected chi connectivity index (χ0v) is 15.1. The van der Waals surface area contributed by atoms with Crippen LogP contribution >= 0.6 is 15.9 Å². The summed E-state index contributed by atoms with van der Waals surface area (Å²) >= 11 is 3.27. The highest BCUT2D eigenvalue weighted by atomic mass is 79.9. The van der Waals surface area contributed by atoms with Crippen molar-refractivity contribution in [2.45, 2.75) is 12.7 Å². The van der Waals surface area contributed by atoms with Crippen molar-refractivity contribution in [1.29, 1.82) is 0 Å². The number of amides is 1. The van der Waals surface area contributed by atoms with Gasteiger partial charge in [0.2, 0.25) is 0 Å². The van der Waals surface area contributed by atoms with Gasteiger partial charge in [-0.1, -0.05) is 33.3 Å². The van der Waals surface area contributed by atoms with Crippen LogP contribution in [-0.2, 0) is 12.7 Å². The van der Waals surface area contributed by atoms with Crippen LogP contribution < -0.4 is 5.32 Å². The first kappa shape index (κ1) is 19.0. The highest BCUT2D eigenvalue weighted by molar-refractivity contribution is 9.10. The van der Waals surface area contributed by atoms with Gasteiger partial charge in [-0.15, -0.1) is 5.10 Å². The average Bonchev–Trinajstić information content (AvgIpc) is 3.06. The van der Waals surface area contributed by atoms with Crippen LogP contribution in [0, 0.1) is 5.82 Å². The van der Waals surface area contributed by atoms with Gasteiger partial charge in [-0.3, -0.25) is 4.79 Å². The Hall–Kier alpha value is -2.75. The number of nitrogens with one attached hydrogen (secondary N) is 1. The highest BCUT2D eigenvalue weighted by Gasteiger charge is 2.42. The number of carbonyl (C=O) groups is 1. The lowest BCUT2D eigenvalue weighted by molar-refractivity contribution is -0.143. The van der Waals surface area contributed by atoms with E-state index in [1.807, 2.05) is 0 Å². The molecule has 3 aromatic rings. The lowest BCUT2D eigenvalue weighted by Crippen LogP contribution is -2.27. The van der Waals surface area contributed by atoms with Crippen molar-refractivity contribution in [2.75, 3.05) is 0 Å². The standard InChI is InChI=1S/C17H11BrF4N4O/c18-11-3-1-2-10(8-11)9-23-16(27)14-15(17(20,21)22)26(25-24-14)13-6-4-12(19)5-7-13/h1-8H,9H2,(H,23,27). The Labute approximate surface area is 159 Å². The lowest BCUT2D eigenvalue weighted by atomic mass is 10.2. The minimum absolute atomic E-state index is 0.0129. The van der Waals surface area contributed by atoms with E-state index in [2.05, 4.69) is 31.6 Å². The van der Waals surface area contributed by atoms with Crippen molar-refractivity contribution in [3.63, 3.8) is 0 Å². The summed E-state index contributed by atoms with van der Waals surface area (Å²) in [6, 6.07) is 11.2. The molecule has 0 radical (unpaired) electrons. The molecular formula is C17H11BrF4N4O. The van der Waals surface area contributed by atoms with Crippen LogP contribution in [0.25, 0.3) is 5.69 Å². The van der Waals surface area contributed by atoms with Gasteiger partial charge >= 0.3 is 6.18 Å². The molecule has 3 rings (SSSR count). The third-order valence-corrected chi connectivity index (χ3v) is 4.06. The second-order valence-corrected chi connectivity index (χ2v) is 6.40. The van der Waals surface area contributed by atoms with Crippen LogP contribution in [0.3, 0.4) is 0 Å². The summed E-state index contributed by atoms with van der Waals surface area (Å²) in [6.45, 7) is 0.0129. The molecule has 140 valence electrons. The number of halogens is 5. The summed E-state index contributed by atoms with van der Waals surface area (Å²) in [5.74, 6) is -1.63. The van der Waals surface area contributed by atoms with Gasteiger partial charge in [0, 0.05) is 11.0 Å². The van der Waals surface area contributed by atoms with E-state index in [1.165, 1.54) is 0 Å². The van der Waals surface area contributed by atoms with Gasteiger partial charge in [0.15, 0.2) is 11.4 Å². The van der Waals surface area contributed by atoms with Crippen LogP contribution in [0.15, 0.2) is 53.0 Å². The quantitative estimate of drug-likeness (QED) is 0.618. The van der Waals surface area contributed by atoms with Crippen LogP contribution in [0.2, 0.25) is 0 Å². The minimum Gasteiger partial charge on any atom is -0.346 e. The van der Waals surface area contributed by atoms with Crippen molar-refractivity contribution in [3.8, 4) is 5.69 Å². The smallest absolute Gasteiger partial charge is 0.346 e. The van der Waals surface area contributed by atoms with Crippen LogP contribution in [0.4, 0.5) is 17.6 Å². The Balaban J connectivity index is 1.90. The Morgan fingerprint density at radius 3 is 2.48 bits per heavy atom. The van der Waals surface area contributed by atoms with E-state index in [0.717, 1.165) is 28.7 Å². The molecule has 0 saturated carbocycles. The van der Waals surface area contributed by atoms with Gasteiger partial charge in [-0.2, -0.15) is 13.2 Å². The predicted molar refractivity (Wildman–Crippen MR) is 91.6 cm³/mol. The van der Waals surface area contributed by atoms with E-state index in [-0.39, 0.29) is 12.2 Å². The molecule has 0 aliphatic carbocycles. The lowest BCUT2D eigenvalue weighted by Gasteiger charge is -2.11. The summed E-state index contributed by atoms with van der Waals surface area (Å²) in [5, 5.41) is 9.21. The zero-order valence-electron chi connectivity index (χ0n) is 13.5. The first-order chi connectivity index (χ1) is 12.8. The number of alkyl halides is 3. The third-order valence-electron chi connectivity index (χ3n) is 3.57. The second kappa shape index (κ2) is 7.47. The molecule has 0 fully saturated rings. The maximum atomic E-state index is 13.5. The highest BCUT2D eigenvalue weighted by Crippen LogP contribution is 2.32. The SMILES string of the molecule is O=C(NCc1cccc(Br)c1)c1nnn(-c2ccc(F)cc2)c1C(F)(F)F. The molecule has 0 unspecified atom stereocenters. The fourth-order valence-electron chi connectivity index (χ4n) is 2.37. The van der Waals surface area contributed by atoms with Crippen molar-refractivity contribution < 1.29 is 22.4 Å². The number of nitrogens with zero attached hydrogens (tertiary/aromatic N) is 3. The van der Waals surface area contributed by atoms with Gasteiger partial charge in [0.05, 0.1) is 5.69 Å². The Kier molecular flexibility index (Phi) is 5.26. The first-order valence-corrected chi connectivity index (χ1v) is 8.36. The van der Waals surface area contributed by atoms with E-state index in [9.17, 15) is 22.4 Å². The Morgan fingerprint density at radius 2 is 1.85 bits per heavy atom. The maximum Gasteiger partial charge on any atom is 0.435 e. The van der Waals surface area contributed by atoms with E-state index in [4.69, 9.17) is 0 Å². The van der Waals surface area contributed by atoms with Gasteiger partial charge in [0.25, 0.3) is 5.91 Å². The fraction of sp³-hybridized carbons (Fsp3) is 0.118. The van der Waals surface area contributed by atoms with Gasteiger partial charge in [-0.05, 0) is 42.0 Å². The number of rotatable bonds is 4. The summed E-state index contributed by atoms with van der Waals surface area (Å²) in [6.07, 6.45) is -4.89. The minimum atomic E-state index is -4.89. The molecule has 10 heteroatoms. The number of carbonyl (C=O) groups excluding carboxylic acids is 1. The summed E-state index contributed by atoms with van der Waals surface area (Å²) in [5.41, 5.74) is -1.57. The van der Waals surface area contributed by atoms with Crippen molar-refractivity contribution in [3.05, 3.63) is 75.8 Å². The molecule has 1 aromatic heterocycles. The number of hydrogen-bond acceptors (Lipinski definition) is 3. The average molecular weight is 443 g/mol. The van der Waals surface area contributed by atoms with E-state index >= 15 is 0 Å². The number of benzene rings is 2. The van der Waals surface area contributed by atoms with Crippen LogP contribution in [-0.4, -0.2) is 20.9 Å². The summed E-state index contributed by atoms with van der Waals surface area (Å²) in [4.78, 5) is 12.3. The maximum absolute atomic E-state index is 13.5. The second-order valence-electron chi connectivity index (χ2n) is 5.49. The molecule has 0 aliphatic rings. The zero-order chi connectivity index (χ0) is 19.6. The molecule has 0 bridgehead atoms. The molecule has 0 atom stereocenters. The monoisotopic (exact) mass is 442 g/mol. The molecule has 1 N–H and O–H groups in total. The fourth-order valence-corrected chi connectivity index (χ4v) is 2.81. The first-order valence-electron chi connectivity index (χ1n) is 7.57. The van der Waals surface area contributed by atoms with E-state index in [0.29, 0.717) is 10.2 Å². The topological polar surface area (TPSA) is 59.8 Å². The molecule has 5 nitrogen and oxygen atoms in total. The van der Waals surface area contributed by atoms with Crippen molar-refractivity contribution >= 4 is 21.8 Å². The largest absolute Gasteiger partial charge is 0.435 e. The predicted octanol–water partition coefficient (Wildman–Crippen LogP) is 4.12. The Bertz CT molecular complexity index is 970. The number of aromatic nitrogens is 3. The van der Waals surface area contributed by atoms with Crippen molar-refractivity contribution in [2.24, 2.45) is 0 Å². The Morgan fingerprint density at radius 1 is 1.15 bits per heavy atom. The van der Waals surface area contributed by atoms with Crippen LogP contribution in [0.5, 0.6) is 0 Å². The molecule has 0 saturated heterocycles. The molecule has 2 aromatic carbocycles. The normalized spacial score (nSPS) is 11.4. The molecular weight excluding hydrogens is 432 g/mol. The van der Waals surface area contributed by atoms with Crippen molar-refractivity contribution in [1.82, 2.24) is 20.3 Å². The van der Waals surface area contributed by atoms with Gasteiger partial charge < -0.3 is 5.32 Å². The third kappa shape index (κ3) is 4.33. The molecule has 0 spiro atoms. The van der Waals surface area contributed by atoms with Gasteiger partial charge in [0.1, 0.15) is 5.82 Å². The number of hydrogen-bond donors (Lipinski definition) is 1. The molecule has 1 heterocycles. The van der Waals surface area contributed by atoms with Crippen LogP contribution in [0.1, 0.15) is 21.7 Å². The molecule has 0 aliphatic heterocycles. The van der Waals surface area contributed by atoms with Gasteiger partial charge in [-0.25, -0.2) is 9.07 Å². The molecule has 27 heavy (non-hydrogen) atoms. The van der Waals surface area contributed by atoms with E-state index < -0.39 is 29.3 Å². The summed E-state index contributed by atoms with van der Waals surface area (Å²) in [7, 11) is 0. The van der Waals surface area contributed by atoms with E-state index in [1.54, 1.807) is 24.3 Å².